The molecule has 2 aromatic rings. The molecule has 2 amide bonds. The zero-order valence-corrected chi connectivity index (χ0v) is 17.3. The van der Waals surface area contributed by atoms with Crippen LogP contribution >= 0.6 is 0 Å². The molecule has 160 valence electrons. The number of nitrogens with zero attached hydrogens (tertiary/aromatic N) is 2. The molecule has 2 aliphatic rings. The molecule has 1 saturated carbocycles. The standard InChI is InChI=1S/C23H28N2O5/c1-28-19-10-6-17(7-11-19)23(27)25(18-8-9-18)16-22(26)24(14-20-4-2-12-29-20)15-21-5-3-13-30-21/h2,4,6-7,10-12,18,21H,3,5,8-9,13-16H2,1H3. The first-order chi connectivity index (χ1) is 14.6. The Labute approximate surface area is 176 Å². The Bertz CT molecular complexity index is 839. The Kier molecular flexibility index (Phi) is 6.38. The number of hydrogen-bond acceptors (Lipinski definition) is 5. The van der Waals surface area contributed by atoms with Gasteiger partial charge in [-0.25, -0.2) is 0 Å². The van der Waals surface area contributed by atoms with Crippen LogP contribution in [-0.2, 0) is 16.1 Å². The fraction of sp³-hybridized carbons (Fsp3) is 0.478. The Balaban J connectivity index is 1.46. The van der Waals surface area contributed by atoms with Crippen molar-refractivity contribution in [2.75, 3.05) is 26.8 Å². The van der Waals surface area contributed by atoms with Crippen molar-refractivity contribution in [1.29, 1.82) is 0 Å². The monoisotopic (exact) mass is 412 g/mol. The van der Waals surface area contributed by atoms with Crippen molar-refractivity contribution in [2.45, 2.75) is 44.4 Å². The van der Waals surface area contributed by atoms with E-state index in [2.05, 4.69) is 0 Å². The third-order valence-corrected chi connectivity index (χ3v) is 5.62. The van der Waals surface area contributed by atoms with Crippen LogP contribution in [0.3, 0.4) is 0 Å². The molecule has 2 fully saturated rings. The molecule has 1 unspecified atom stereocenters. The summed E-state index contributed by atoms with van der Waals surface area (Å²) < 4.78 is 16.4. The van der Waals surface area contributed by atoms with Crippen molar-refractivity contribution in [2.24, 2.45) is 0 Å². The van der Waals surface area contributed by atoms with Crippen LogP contribution in [0.2, 0.25) is 0 Å². The second-order valence-corrected chi connectivity index (χ2v) is 7.88. The summed E-state index contributed by atoms with van der Waals surface area (Å²) in [7, 11) is 1.59. The lowest BCUT2D eigenvalue weighted by molar-refractivity contribution is -0.134. The third kappa shape index (κ3) is 5.02. The highest BCUT2D eigenvalue weighted by Crippen LogP contribution is 2.29. The number of ether oxygens (including phenoxy) is 2. The lowest BCUT2D eigenvalue weighted by Crippen LogP contribution is -2.45. The predicted octanol–water partition coefficient (Wildman–Crippen LogP) is 3.10. The van der Waals surface area contributed by atoms with Crippen LogP contribution in [0.15, 0.2) is 47.1 Å². The zero-order chi connectivity index (χ0) is 20.9. The average molecular weight is 412 g/mol. The number of hydrogen-bond donors (Lipinski definition) is 0. The minimum atomic E-state index is -0.122. The lowest BCUT2D eigenvalue weighted by Gasteiger charge is -2.29. The molecule has 1 atom stereocenters. The van der Waals surface area contributed by atoms with Crippen molar-refractivity contribution >= 4 is 11.8 Å². The topological polar surface area (TPSA) is 72.2 Å². The van der Waals surface area contributed by atoms with Crippen LogP contribution in [0, 0.1) is 0 Å². The van der Waals surface area contributed by atoms with Gasteiger partial charge in [0.25, 0.3) is 5.91 Å². The molecule has 7 heteroatoms. The van der Waals surface area contributed by atoms with E-state index in [9.17, 15) is 9.59 Å². The van der Waals surface area contributed by atoms with E-state index in [4.69, 9.17) is 13.9 Å². The van der Waals surface area contributed by atoms with Gasteiger partial charge < -0.3 is 23.7 Å². The van der Waals surface area contributed by atoms with E-state index in [1.807, 2.05) is 12.1 Å². The van der Waals surface area contributed by atoms with Crippen molar-refractivity contribution < 1.29 is 23.5 Å². The Morgan fingerprint density at radius 1 is 1.13 bits per heavy atom. The van der Waals surface area contributed by atoms with Gasteiger partial charge in [-0.1, -0.05) is 0 Å². The van der Waals surface area contributed by atoms with Crippen molar-refractivity contribution in [3.05, 3.63) is 54.0 Å². The molecule has 1 aromatic heterocycles. The summed E-state index contributed by atoms with van der Waals surface area (Å²) in [5.74, 6) is 1.21. The van der Waals surface area contributed by atoms with E-state index in [1.165, 1.54) is 0 Å². The van der Waals surface area contributed by atoms with Gasteiger partial charge in [-0.3, -0.25) is 9.59 Å². The minimum Gasteiger partial charge on any atom is -0.497 e. The number of furan rings is 1. The van der Waals surface area contributed by atoms with Crippen molar-refractivity contribution in [3.63, 3.8) is 0 Å². The molecule has 1 aliphatic carbocycles. The van der Waals surface area contributed by atoms with E-state index < -0.39 is 0 Å². The fourth-order valence-electron chi connectivity index (χ4n) is 3.78. The predicted molar refractivity (Wildman–Crippen MR) is 110 cm³/mol. The van der Waals surface area contributed by atoms with Crippen LogP contribution in [0.1, 0.15) is 41.8 Å². The van der Waals surface area contributed by atoms with Crippen molar-refractivity contribution in [1.82, 2.24) is 9.80 Å². The SMILES string of the molecule is COc1ccc(C(=O)N(CC(=O)N(Cc2ccco2)CC2CCCO2)C2CC2)cc1. The Hall–Kier alpha value is -2.80. The molecule has 1 aliphatic heterocycles. The lowest BCUT2D eigenvalue weighted by atomic mass is 10.1. The molecule has 0 radical (unpaired) electrons. The number of carbonyl (C=O) groups excluding carboxylic acids is 2. The van der Waals surface area contributed by atoms with Gasteiger partial charge in [0, 0.05) is 24.8 Å². The Morgan fingerprint density at radius 3 is 2.53 bits per heavy atom. The van der Waals surface area contributed by atoms with Crippen LogP contribution in [0.5, 0.6) is 5.75 Å². The summed E-state index contributed by atoms with van der Waals surface area (Å²) in [5, 5.41) is 0. The summed E-state index contributed by atoms with van der Waals surface area (Å²) in [6, 6.07) is 10.8. The molecule has 7 nitrogen and oxygen atoms in total. The van der Waals surface area contributed by atoms with Crippen LogP contribution in [0.25, 0.3) is 0 Å². The molecule has 0 spiro atoms. The maximum atomic E-state index is 13.3. The number of amides is 2. The van der Waals surface area contributed by atoms with Gasteiger partial charge in [0.1, 0.15) is 18.1 Å². The van der Waals surface area contributed by atoms with E-state index in [0.29, 0.717) is 24.4 Å². The number of methoxy groups -OCH3 is 1. The van der Waals surface area contributed by atoms with Gasteiger partial charge in [-0.2, -0.15) is 0 Å². The molecule has 0 bridgehead atoms. The molecule has 30 heavy (non-hydrogen) atoms. The largest absolute Gasteiger partial charge is 0.497 e. The molecule has 4 rings (SSSR count). The zero-order valence-electron chi connectivity index (χ0n) is 17.3. The first-order valence-corrected chi connectivity index (χ1v) is 10.5. The highest BCUT2D eigenvalue weighted by atomic mass is 16.5. The van der Waals surface area contributed by atoms with Gasteiger partial charge in [-0.15, -0.1) is 0 Å². The van der Waals surface area contributed by atoms with E-state index >= 15 is 0 Å². The first-order valence-electron chi connectivity index (χ1n) is 10.5. The van der Waals surface area contributed by atoms with Gasteiger partial charge in [-0.05, 0) is 62.1 Å². The van der Waals surface area contributed by atoms with E-state index in [-0.39, 0.29) is 30.5 Å². The fourth-order valence-corrected chi connectivity index (χ4v) is 3.78. The maximum Gasteiger partial charge on any atom is 0.254 e. The highest BCUT2D eigenvalue weighted by molar-refractivity contribution is 5.97. The molecule has 0 N–H and O–H groups in total. The minimum absolute atomic E-state index is 0.0376. The van der Waals surface area contributed by atoms with Crippen LogP contribution in [0.4, 0.5) is 0 Å². The van der Waals surface area contributed by atoms with Gasteiger partial charge in [0.2, 0.25) is 5.91 Å². The maximum absolute atomic E-state index is 13.3. The normalized spacial score (nSPS) is 18.2. The summed E-state index contributed by atoms with van der Waals surface area (Å²) >= 11 is 0. The molecule has 1 aromatic carbocycles. The second-order valence-electron chi connectivity index (χ2n) is 7.88. The Morgan fingerprint density at radius 2 is 1.93 bits per heavy atom. The number of benzene rings is 1. The van der Waals surface area contributed by atoms with Crippen LogP contribution in [-0.4, -0.2) is 60.6 Å². The summed E-state index contributed by atoms with van der Waals surface area (Å²) in [6.45, 7) is 1.68. The van der Waals surface area contributed by atoms with E-state index in [1.54, 1.807) is 47.4 Å². The van der Waals surface area contributed by atoms with E-state index in [0.717, 1.165) is 38.1 Å². The van der Waals surface area contributed by atoms with Gasteiger partial charge >= 0.3 is 0 Å². The molecular formula is C23H28N2O5. The number of carbonyl (C=O) groups is 2. The quantitative estimate of drug-likeness (QED) is 0.633. The van der Waals surface area contributed by atoms with Gasteiger partial charge in [0.15, 0.2) is 0 Å². The smallest absolute Gasteiger partial charge is 0.254 e. The van der Waals surface area contributed by atoms with Gasteiger partial charge in [0.05, 0.1) is 26.0 Å². The van der Waals surface area contributed by atoms with Crippen molar-refractivity contribution in [3.8, 4) is 5.75 Å². The summed E-state index contributed by atoms with van der Waals surface area (Å²) in [4.78, 5) is 29.8. The third-order valence-electron chi connectivity index (χ3n) is 5.62. The number of rotatable bonds is 9. The highest BCUT2D eigenvalue weighted by Gasteiger charge is 2.36. The molecular weight excluding hydrogens is 384 g/mol. The molecule has 2 heterocycles. The summed E-state index contributed by atoms with van der Waals surface area (Å²) in [5.41, 5.74) is 0.562. The average Bonchev–Trinajstić information content (AvgIpc) is 3.23. The second kappa shape index (κ2) is 9.34. The van der Waals surface area contributed by atoms with Crippen LogP contribution < -0.4 is 4.74 Å². The first kappa shape index (κ1) is 20.5. The molecule has 1 saturated heterocycles. The summed E-state index contributed by atoms with van der Waals surface area (Å²) in [6.07, 6.45) is 5.46.